The minimum absolute atomic E-state index is 0.0311. The molecule has 1 rings (SSSR count). The van der Waals surface area contributed by atoms with Crippen molar-refractivity contribution >= 4 is 33.2 Å². The second-order valence-corrected chi connectivity index (χ2v) is 5.79. The van der Waals surface area contributed by atoms with Gasteiger partial charge in [0.05, 0.1) is 11.4 Å². The summed E-state index contributed by atoms with van der Waals surface area (Å²) in [4.78, 5) is 11.0. The van der Waals surface area contributed by atoms with E-state index in [9.17, 15) is 13.2 Å². The first-order valence-corrected chi connectivity index (χ1v) is 6.90. The number of hydrogen-bond acceptors (Lipinski definition) is 4. The number of nitrogen functional groups attached to an aromatic ring is 1. The molecule has 6 nitrogen and oxygen atoms in total. The molecule has 8 heteroatoms. The summed E-state index contributed by atoms with van der Waals surface area (Å²) < 4.78 is 26.1. The van der Waals surface area contributed by atoms with Gasteiger partial charge in [0.1, 0.15) is 0 Å². The molecule has 100 valence electrons. The Morgan fingerprint density at radius 3 is 2.61 bits per heavy atom. The van der Waals surface area contributed by atoms with Gasteiger partial charge in [-0.15, -0.1) is 0 Å². The zero-order valence-corrected chi connectivity index (χ0v) is 11.5. The van der Waals surface area contributed by atoms with Crippen LogP contribution in [0.2, 0.25) is 5.02 Å². The van der Waals surface area contributed by atoms with Crippen LogP contribution >= 0.6 is 11.6 Å². The van der Waals surface area contributed by atoms with Crippen LogP contribution in [0.5, 0.6) is 0 Å². The lowest BCUT2D eigenvalue weighted by molar-refractivity contribution is -0.119. The van der Waals surface area contributed by atoms with Crippen LogP contribution in [0.3, 0.4) is 0 Å². The van der Waals surface area contributed by atoms with E-state index in [2.05, 4.69) is 10.0 Å². The fourth-order valence-corrected chi connectivity index (χ4v) is 2.85. The average molecular weight is 292 g/mol. The standard InChI is InChI=1S/C10H14ClN3O3S/c1-6-8(12)3-7(11)4-9(6)18(16,17)14-5-10(15)13-2/h3-4,14H,5,12H2,1-2H3,(H,13,15). The molecular weight excluding hydrogens is 278 g/mol. The Hall–Kier alpha value is -1.31. The van der Waals surface area contributed by atoms with E-state index in [1.165, 1.54) is 19.2 Å². The molecule has 4 N–H and O–H groups in total. The van der Waals surface area contributed by atoms with Gasteiger partial charge in [0.25, 0.3) is 0 Å². The van der Waals surface area contributed by atoms with Gasteiger partial charge in [-0.3, -0.25) is 4.79 Å². The van der Waals surface area contributed by atoms with E-state index in [1.807, 2.05) is 0 Å². The topological polar surface area (TPSA) is 101 Å². The van der Waals surface area contributed by atoms with Gasteiger partial charge >= 0.3 is 0 Å². The molecule has 0 fully saturated rings. The Morgan fingerprint density at radius 1 is 1.44 bits per heavy atom. The summed E-state index contributed by atoms with van der Waals surface area (Å²) in [5, 5.41) is 2.53. The monoisotopic (exact) mass is 291 g/mol. The van der Waals surface area contributed by atoms with E-state index in [-0.39, 0.29) is 22.2 Å². The number of carbonyl (C=O) groups is 1. The molecule has 18 heavy (non-hydrogen) atoms. The van der Waals surface area contributed by atoms with Crippen LogP contribution in [0.1, 0.15) is 5.56 Å². The summed E-state index contributed by atoms with van der Waals surface area (Å²) in [5.41, 5.74) is 6.32. The second kappa shape index (κ2) is 5.55. The number of sulfonamides is 1. The third-order valence-electron chi connectivity index (χ3n) is 2.36. The quantitative estimate of drug-likeness (QED) is 0.692. The van der Waals surface area contributed by atoms with Crippen LogP contribution in [-0.2, 0) is 14.8 Å². The number of rotatable bonds is 4. The van der Waals surface area contributed by atoms with Crippen molar-refractivity contribution in [3.8, 4) is 0 Å². The van der Waals surface area contributed by atoms with Crippen molar-refractivity contribution in [3.63, 3.8) is 0 Å². The molecule has 0 saturated heterocycles. The largest absolute Gasteiger partial charge is 0.398 e. The molecule has 0 heterocycles. The first-order valence-electron chi connectivity index (χ1n) is 5.04. The molecule has 0 aliphatic rings. The number of hydrogen-bond donors (Lipinski definition) is 3. The average Bonchev–Trinajstić information content (AvgIpc) is 2.30. The molecular formula is C10H14ClN3O3S. The van der Waals surface area contributed by atoms with Crippen LogP contribution in [0.4, 0.5) is 5.69 Å². The minimum atomic E-state index is -3.82. The Morgan fingerprint density at radius 2 is 2.06 bits per heavy atom. The number of nitrogens with two attached hydrogens (primary N) is 1. The van der Waals surface area contributed by atoms with Gasteiger partial charge in [-0.25, -0.2) is 13.1 Å². The number of nitrogens with one attached hydrogen (secondary N) is 2. The van der Waals surface area contributed by atoms with E-state index >= 15 is 0 Å². The minimum Gasteiger partial charge on any atom is -0.398 e. The van der Waals surface area contributed by atoms with Crippen molar-refractivity contribution < 1.29 is 13.2 Å². The van der Waals surface area contributed by atoms with E-state index in [0.717, 1.165) is 0 Å². The predicted octanol–water partition coefficient (Wildman–Crippen LogP) is 0.255. The van der Waals surface area contributed by atoms with Crippen molar-refractivity contribution in [2.24, 2.45) is 0 Å². The Bertz CT molecular complexity index is 572. The summed E-state index contributed by atoms with van der Waals surface area (Å²) in [7, 11) is -2.40. The molecule has 0 aliphatic heterocycles. The molecule has 1 aromatic carbocycles. The summed E-state index contributed by atoms with van der Waals surface area (Å²) in [5.74, 6) is -0.439. The lowest BCUT2D eigenvalue weighted by Crippen LogP contribution is -2.35. The lowest BCUT2D eigenvalue weighted by Gasteiger charge is -2.11. The van der Waals surface area contributed by atoms with Gasteiger partial charge in [-0.05, 0) is 24.6 Å². The second-order valence-electron chi connectivity index (χ2n) is 3.62. The highest BCUT2D eigenvalue weighted by Crippen LogP contribution is 2.25. The number of likely N-dealkylation sites (N-methyl/N-ethyl adjacent to an activating group) is 1. The maximum atomic E-state index is 12.0. The van der Waals surface area contributed by atoms with Gasteiger partial charge in [0.15, 0.2) is 0 Å². The number of carbonyl (C=O) groups excluding carboxylic acids is 1. The van der Waals surface area contributed by atoms with Gasteiger partial charge in [-0.1, -0.05) is 11.6 Å². The van der Waals surface area contributed by atoms with Gasteiger partial charge in [0, 0.05) is 17.8 Å². The first kappa shape index (κ1) is 14.7. The number of amides is 1. The molecule has 1 aromatic rings. The van der Waals surface area contributed by atoms with E-state index in [0.29, 0.717) is 5.56 Å². The molecule has 0 unspecified atom stereocenters. The van der Waals surface area contributed by atoms with Crippen LogP contribution in [0.15, 0.2) is 17.0 Å². The van der Waals surface area contributed by atoms with Crippen LogP contribution in [0, 0.1) is 6.92 Å². The molecule has 0 aliphatic carbocycles. The fraction of sp³-hybridized carbons (Fsp3) is 0.300. The van der Waals surface area contributed by atoms with Crippen LogP contribution in [0.25, 0.3) is 0 Å². The lowest BCUT2D eigenvalue weighted by atomic mass is 10.2. The maximum absolute atomic E-state index is 12.0. The zero-order valence-electron chi connectivity index (χ0n) is 9.95. The molecule has 0 saturated carbocycles. The summed E-state index contributed by atoms with van der Waals surface area (Å²) in [6.07, 6.45) is 0. The molecule has 1 amide bonds. The summed E-state index contributed by atoms with van der Waals surface area (Å²) in [6.45, 7) is 1.23. The van der Waals surface area contributed by atoms with Crippen molar-refractivity contribution in [3.05, 3.63) is 22.7 Å². The Kier molecular flexibility index (Phi) is 4.55. The zero-order chi connectivity index (χ0) is 13.9. The normalized spacial score (nSPS) is 11.3. The summed E-state index contributed by atoms with van der Waals surface area (Å²) >= 11 is 5.77. The summed E-state index contributed by atoms with van der Waals surface area (Å²) in [6, 6.07) is 2.76. The van der Waals surface area contributed by atoms with Crippen LogP contribution in [-0.4, -0.2) is 27.9 Å². The molecule has 0 spiro atoms. The highest BCUT2D eigenvalue weighted by Gasteiger charge is 2.19. The SMILES string of the molecule is CNC(=O)CNS(=O)(=O)c1cc(Cl)cc(N)c1C. The van der Waals surface area contributed by atoms with Gasteiger partial charge in [-0.2, -0.15) is 0 Å². The van der Waals surface area contributed by atoms with Crippen molar-refractivity contribution in [1.29, 1.82) is 0 Å². The number of halogens is 1. The van der Waals surface area contributed by atoms with Gasteiger partial charge in [0.2, 0.25) is 15.9 Å². The number of anilines is 1. The highest BCUT2D eigenvalue weighted by atomic mass is 35.5. The van der Waals surface area contributed by atoms with Gasteiger partial charge < -0.3 is 11.1 Å². The fourth-order valence-electron chi connectivity index (χ4n) is 1.28. The third kappa shape index (κ3) is 3.34. The van der Waals surface area contributed by atoms with E-state index < -0.39 is 15.9 Å². The first-order chi connectivity index (χ1) is 8.27. The maximum Gasteiger partial charge on any atom is 0.241 e. The Balaban J connectivity index is 3.09. The predicted molar refractivity (Wildman–Crippen MR) is 69.9 cm³/mol. The Labute approximate surface area is 111 Å². The van der Waals surface area contributed by atoms with E-state index in [4.69, 9.17) is 17.3 Å². The van der Waals surface area contributed by atoms with E-state index in [1.54, 1.807) is 6.92 Å². The molecule has 0 bridgehead atoms. The van der Waals surface area contributed by atoms with Crippen molar-refractivity contribution in [2.75, 3.05) is 19.3 Å². The van der Waals surface area contributed by atoms with Crippen molar-refractivity contribution in [2.45, 2.75) is 11.8 Å². The number of benzene rings is 1. The molecule has 0 radical (unpaired) electrons. The molecule has 0 atom stereocenters. The highest BCUT2D eigenvalue weighted by molar-refractivity contribution is 7.89. The molecule has 0 aromatic heterocycles. The third-order valence-corrected chi connectivity index (χ3v) is 4.10. The van der Waals surface area contributed by atoms with Crippen molar-refractivity contribution in [1.82, 2.24) is 10.0 Å². The van der Waals surface area contributed by atoms with Crippen LogP contribution < -0.4 is 15.8 Å². The smallest absolute Gasteiger partial charge is 0.241 e.